The third-order valence-electron chi connectivity index (χ3n) is 1.35. The summed E-state index contributed by atoms with van der Waals surface area (Å²) in [6.45, 7) is 7.61. The lowest BCUT2D eigenvalue weighted by atomic mass is 10.2. The molecule has 0 saturated carbocycles. The van der Waals surface area contributed by atoms with E-state index in [1.54, 1.807) is 26.0 Å². The Bertz CT molecular complexity index is 303. The number of nitrogens with zero attached hydrogens (tertiary/aromatic N) is 1. The molecule has 0 heterocycles. The van der Waals surface area contributed by atoms with Crippen LogP contribution in [0.2, 0.25) is 0 Å². The van der Waals surface area contributed by atoms with Crippen molar-refractivity contribution in [3.8, 4) is 0 Å². The van der Waals surface area contributed by atoms with Crippen LogP contribution in [0.1, 0.15) is 38.1 Å². The second-order valence-electron chi connectivity index (χ2n) is 2.73. The lowest BCUT2D eigenvalue weighted by Gasteiger charge is -1.93. The molecule has 0 aliphatic heterocycles. The highest BCUT2D eigenvalue weighted by atomic mass is 19.1. The van der Waals surface area contributed by atoms with Gasteiger partial charge in [0.25, 0.3) is 5.91 Å². The second-order valence-corrected chi connectivity index (χ2v) is 2.73. The Kier molecular flexibility index (Phi) is 12.2. The summed E-state index contributed by atoms with van der Waals surface area (Å²) in [7, 11) is 0.500. The molecule has 0 radical (unpaired) electrons. The number of hydrogen-bond donors (Lipinski definition) is 0. The summed E-state index contributed by atoms with van der Waals surface area (Å²) in [5.74, 6) is -0.171. The predicted molar refractivity (Wildman–Crippen MR) is 67.9 cm³/mol. The first kappa shape index (κ1) is 16.9. The van der Waals surface area contributed by atoms with Crippen LogP contribution in [-0.2, 0) is 0 Å². The van der Waals surface area contributed by atoms with Gasteiger partial charge in [0.05, 0.1) is 7.18 Å². The van der Waals surface area contributed by atoms with E-state index in [0.717, 1.165) is 5.71 Å². The van der Waals surface area contributed by atoms with Gasteiger partial charge in [-0.25, -0.2) is 4.99 Å². The zero-order chi connectivity index (χ0) is 13.0. The zero-order valence-electron chi connectivity index (χ0n) is 10.6. The molecule has 2 nitrogen and oxygen atoms in total. The molecule has 0 aliphatic carbocycles. The van der Waals surface area contributed by atoms with E-state index in [1.165, 1.54) is 0 Å². The fourth-order valence-electron chi connectivity index (χ4n) is 0.848. The molecule has 0 N–H and O–H groups in total. The highest BCUT2D eigenvalue weighted by Gasteiger charge is 2.00. The molecule has 0 atom stereocenters. The Morgan fingerprint density at radius 2 is 1.50 bits per heavy atom. The van der Waals surface area contributed by atoms with Crippen LogP contribution >= 0.6 is 0 Å². The molecule has 0 aromatic heterocycles. The molecule has 1 amide bonds. The number of amides is 1. The fourth-order valence-corrected chi connectivity index (χ4v) is 0.848. The normalized spacial score (nSPS) is 7.62. The molecule has 1 aromatic carbocycles. The standard InChI is InChI=1S/C10H11NO.C2H6.CH3F/c1-8(2)11-10(12)9-6-4-3-5-7-9;2*1-2/h3-7H,1-2H3;1-2H3;1H3. The molecule has 1 rings (SSSR count). The summed E-state index contributed by atoms with van der Waals surface area (Å²) in [5.41, 5.74) is 1.42. The Hall–Kier alpha value is -1.51. The first-order chi connectivity index (χ1) is 7.70. The van der Waals surface area contributed by atoms with Gasteiger partial charge < -0.3 is 0 Å². The van der Waals surface area contributed by atoms with Crippen molar-refractivity contribution in [3.63, 3.8) is 0 Å². The molecule has 0 spiro atoms. The molecule has 0 fully saturated rings. The maximum Gasteiger partial charge on any atom is 0.276 e. The Morgan fingerprint density at radius 1 is 1.06 bits per heavy atom. The third kappa shape index (κ3) is 7.85. The van der Waals surface area contributed by atoms with Crippen LogP contribution in [0.25, 0.3) is 0 Å². The smallest absolute Gasteiger partial charge is 0.267 e. The van der Waals surface area contributed by atoms with Gasteiger partial charge in [0.1, 0.15) is 0 Å². The topological polar surface area (TPSA) is 29.4 Å². The van der Waals surface area contributed by atoms with Gasteiger partial charge in [-0.1, -0.05) is 32.0 Å². The summed E-state index contributed by atoms with van der Waals surface area (Å²) in [4.78, 5) is 15.1. The fraction of sp³-hybridized carbons (Fsp3) is 0.385. The van der Waals surface area contributed by atoms with Crippen LogP contribution in [-0.4, -0.2) is 18.8 Å². The second kappa shape index (κ2) is 11.6. The van der Waals surface area contributed by atoms with Crippen molar-refractivity contribution in [3.05, 3.63) is 35.9 Å². The Labute approximate surface area is 97.2 Å². The zero-order valence-corrected chi connectivity index (χ0v) is 10.6. The van der Waals surface area contributed by atoms with Gasteiger partial charge in [-0.05, 0) is 26.0 Å². The van der Waals surface area contributed by atoms with Crippen LogP contribution in [0, 0.1) is 0 Å². The van der Waals surface area contributed by atoms with Gasteiger partial charge in [0.15, 0.2) is 0 Å². The van der Waals surface area contributed by atoms with Gasteiger partial charge in [-0.2, -0.15) is 0 Å². The molecule has 16 heavy (non-hydrogen) atoms. The number of halogens is 1. The predicted octanol–water partition coefficient (Wildman–Crippen LogP) is 3.92. The van der Waals surface area contributed by atoms with E-state index in [9.17, 15) is 9.18 Å². The van der Waals surface area contributed by atoms with Crippen molar-refractivity contribution in [1.82, 2.24) is 0 Å². The summed E-state index contributed by atoms with van der Waals surface area (Å²) in [6.07, 6.45) is 0. The SMILES string of the molecule is CC.CC(C)=NC(=O)c1ccccc1.CF. The van der Waals surface area contributed by atoms with E-state index >= 15 is 0 Å². The first-order valence-corrected chi connectivity index (χ1v) is 5.19. The minimum absolute atomic E-state index is 0.171. The van der Waals surface area contributed by atoms with Crippen molar-refractivity contribution in [2.75, 3.05) is 7.18 Å². The molecule has 3 heteroatoms. The Morgan fingerprint density at radius 3 is 1.88 bits per heavy atom. The first-order valence-electron chi connectivity index (χ1n) is 5.19. The van der Waals surface area contributed by atoms with Gasteiger partial charge in [-0.3, -0.25) is 9.18 Å². The quantitative estimate of drug-likeness (QED) is 0.666. The molecule has 0 saturated heterocycles. The van der Waals surface area contributed by atoms with E-state index < -0.39 is 0 Å². The number of carbonyl (C=O) groups excluding carboxylic acids is 1. The number of alkyl halides is 1. The van der Waals surface area contributed by atoms with Crippen molar-refractivity contribution < 1.29 is 9.18 Å². The number of carbonyl (C=O) groups is 1. The average molecular weight is 225 g/mol. The van der Waals surface area contributed by atoms with E-state index in [1.807, 2.05) is 32.0 Å². The van der Waals surface area contributed by atoms with E-state index in [-0.39, 0.29) is 5.91 Å². The van der Waals surface area contributed by atoms with Crippen LogP contribution in [0.3, 0.4) is 0 Å². The number of hydrogen-bond acceptors (Lipinski definition) is 1. The molecular weight excluding hydrogens is 205 g/mol. The van der Waals surface area contributed by atoms with Gasteiger partial charge >= 0.3 is 0 Å². The summed E-state index contributed by atoms with van der Waals surface area (Å²) < 4.78 is 9.50. The summed E-state index contributed by atoms with van der Waals surface area (Å²) in [5, 5.41) is 0. The van der Waals surface area contributed by atoms with Crippen molar-refractivity contribution in [2.24, 2.45) is 4.99 Å². The molecule has 1 aromatic rings. The Balaban J connectivity index is 0. The van der Waals surface area contributed by atoms with Crippen LogP contribution < -0.4 is 0 Å². The largest absolute Gasteiger partial charge is 0.276 e. The van der Waals surface area contributed by atoms with E-state index in [4.69, 9.17) is 0 Å². The number of rotatable bonds is 1. The van der Waals surface area contributed by atoms with Crippen molar-refractivity contribution in [1.29, 1.82) is 0 Å². The minimum atomic E-state index is -0.171. The van der Waals surface area contributed by atoms with Crippen molar-refractivity contribution in [2.45, 2.75) is 27.7 Å². The molecule has 0 bridgehead atoms. The van der Waals surface area contributed by atoms with Crippen molar-refractivity contribution >= 4 is 11.6 Å². The highest BCUT2D eigenvalue weighted by molar-refractivity contribution is 6.02. The van der Waals surface area contributed by atoms with Gasteiger partial charge in [0.2, 0.25) is 0 Å². The monoisotopic (exact) mass is 225 g/mol. The van der Waals surface area contributed by atoms with E-state index in [0.29, 0.717) is 12.7 Å². The maximum absolute atomic E-state index is 11.3. The minimum Gasteiger partial charge on any atom is -0.267 e. The average Bonchev–Trinajstić information content (AvgIpc) is 2.34. The number of benzene rings is 1. The number of aliphatic imine (C=N–C) groups is 1. The molecule has 90 valence electrons. The molecular formula is C13H20FNO. The van der Waals surface area contributed by atoms with Crippen LogP contribution in [0.4, 0.5) is 4.39 Å². The van der Waals surface area contributed by atoms with Gasteiger partial charge in [0, 0.05) is 11.3 Å². The van der Waals surface area contributed by atoms with Crippen LogP contribution in [0.15, 0.2) is 35.3 Å². The van der Waals surface area contributed by atoms with Crippen LogP contribution in [0.5, 0.6) is 0 Å². The third-order valence-corrected chi connectivity index (χ3v) is 1.35. The summed E-state index contributed by atoms with van der Waals surface area (Å²) in [6, 6.07) is 9.05. The molecule has 0 unspecified atom stereocenters. The van der Waals surface area contributed by atoms with E-state index in [2.05, 4.69) is 4.99 Å². The maximum atomic E-state index is 11.3. The molecule has 0 aliphatic rings. The lowest BCUT2D eigenvalue weighted by molar-refractivity contribution is 0.100. The van der Waals surface area contributed by atoms with Gasteiger partial charge in [-0.15, -0.1) is 0 Å². The lowest BCUT2D eigenvalue weighted by Crippen LogP contribution is -1.96. The summed E-state index contributed by atoms with van der Waals surface area (Å²) >= 11 is 0. The highest BCUT2D eigenvalue weighted by Crippen LogP contribution is 2.00.